The second-order valence-corrected chi connectivity index (χ2v) is 4.92. The Morgan fingerprint density at radius 3 is 3.00 bits per heavy atom. The molecule has 0 saturated carbocycles. The van der Waals surface area contributed by atoms with Crippen LogP contribution in [-0.4, -0.2) is 24.9 Å². The highest BCUT2D eigenvalue weighted by Gasteiger charge is 2.30. The summed E-state index contributed by atoms with van der Waals surface area (Å²) in [5.74, 6) is -0.0459. The van der Waals surface area contributed by atoms with Crippen molar-refractivity contribution in [3.8, 4) is 0 Å². The molecule has 0 radical (unpaired) electrons. The SMILES string of the molecule is CNC(=O)c1ccc2c(c1)B(C)C(N)S2. The van der Waals surface area contributed by atoms with Gasteiger partial charge in [-0.3, -0.25) is 4.79 Å². The molecule has 1 aromatic rings. The monoisotopic (exact) mass is 220 g/mol. The molecule has 3 nitrogen and oxygen atoms in total. The van der Waals surface area contributed by atoms with Crippen LogP contribution in [0.5, 0.6) is 0 Å². The van der Waals surface area contributed by atoms with Gasteiger partial charge in [0.25, 0.3) is 5.91 Å². The Kier molecular flexibility index (Phi) is 2.75. The molecule has 1 heterocycles. The van der Waals surface area contributed by atoms with E-state index in [2.05, 4.69) is 12.1 Å². The Balaban J connectivity index is 2.39. The van der Waals surface area contributed by atoms with Crippen LogP contribution in [0.4, 0.5) is 0 Å². The molecule has 5 heteroatoms. The molecule has 78 valence electrons. The Morgan fingerprint density at radius 1 is 1.60 bits per heavy atom. The highest BCUT2D eigenvalue weighted by Crippen LogP contribution is 2.28. The van der Waals surface area contributed by atoms with Gasteiger partial charge in [0.05, 0.1) is 0 Å². The summed E-state index contributed by atoms with van der Waals surface area (Å²) >= 11 is 1.67. The molecule has 0 spiro atoms. The number of amides is 1. The molecular weight excluding hydrogens is 207 g/mol. The van der Waals surface area contributed by atoms with E-state index in [1.807, 2.05) is 18.2 Å². The fourth-order valence-corrected chi connectivity index (χ4v) is 2.89. The number of benzene rings is 1. The first-order chi connectivity index (χ1) is 7.13. The molecule has 2 rings (SSSR count). The van der Waals surface area contributed by atoms with E-state index in [1.165, 1.54) is 10.4 Å². The number of fused-ring (bicyclic) bond motifs is 1. The average Bonchev–Trinajstić information content (AvgIpc) is 2.54. The standard InChI is InChI=1S/C10H13BN2OS/c1-11-7-5-6(9(14)13-2)3-4-8(7)15-10(11)12/h3-5,10H,12H2,1-2H3,(H,13,14). The number of rotatable bonds is 1. The third-order valence-electron chi connectivity index (χ3n) is 2.75. The summed E-state index contributed by atoms with van der Waals surface area (Å²) in [5, 5.41) is 2.73. The average molecular weight is 220 g/mol. The van der Waals surface area contributed by atoms with Crippen molar-refractivity contribution >= 4 is 29.8 Å². The largest absolute Gasteiger partial charge is 0.355 e. The summed E-state index contributed by atoms with van der Waals surface area (Å²) in [6, 6.07) is 5.77. The van der Waals surface area contributed by atoms with Crippen molar-refractivity contribution < 1.29 is 4.79 Å². The number of hydrogen-bond donors (Lipinski definition) is 2. The number of nitrogens with one attached hydrogen (secondary N) is 1. The smallest absolute Gasteiger partial charge is 0.251 e. The second kappa shape index (κ2) is 3.91. The van der Waals surface area contributed by atoms with Crippen LogP contribution in [0.1, 0.15) is 10.4 Å². The Labute approximate surface area is 93.9 Å². The Morgan fingerprint density at radius 2 is 2.33 bits per heavy atom. The predicted molar refractivity (Wildman–Crippen MR) is 64.9 cm³/mol. The normalized spacial score (nSPS) is 18.9. The summed E-state index contributed by atoms with van der Waals surface area (Å²) in [7, 11) is 1.64. The molecular formula is C10H13BN2OS. The van der Waals surface area contributed by atoms with Gasteiger partial charge in [-0.2, -0.15) is 0 Å². The van der Waals surface area contributed by atoms with E-state index < -0.39 is 0 Å². The maximum absolute atomic E-state index is 11.5. The minimum atomic E-state index is -0.0459. The van der Waals surface area contributed by atoms with E-state index >= 15 is 0 Å². The van der Waals surface area contributed by atoms with Crippen LogP contribution in [0.3, 0.4) is 0 Å². The molecule has 0 aliphatic carbocycles. The molecule has 1 unspecified atom stereocenters. The summed E-state index contributed by atoms with van der Waals surface area (Å²) in [5.41, 5.74) is 7.84. The summed E-state index contributed by atoms with van der Waals surface area (Å²) in [4.78, 5) is 12.6. The maximum atomic E-state index is 11.5. The van der Waals surface area contributed by atoms with Crippen LogP contribution in [0.25, 0.3) is 0 Å². The van der Waals surface area contributed by atoms with Crippen LogP contribution in [-0.2, 0) is 0 Å². The van der Waals surface area contributed by atoms with Crippen LogP contribution in [0, 0.1) is 0 Å². The first-order valence-electron chi connectivity index (χ1n) is 4.91. The fourth-order valence-electron chi connectivity index (χ4n) is 1.72. The minimum Gasteiger partial charge on any atom is -0.355 e. The van der Waals surface area contributed by atoms with Crippen LogP contribution in [0.2, 0.25) is 6.82 Å². The molecule has 1 atom stereocenters. The zero-order valence-electron chi connectivity index (χ0n) is 8.78. The van der Waals surface area contributed by atoms with Gasteiger partial charge in [0, 0.05) is 22.8 Å². The van der Waals surface area contributed by atoms with Crippen LogP contribution >= 0.6 is 11.8 Å². The van der Waals surface area contributed by atoms with E-state index in [-0.39, 0.29) is 11.2 Å². The first kappa shape index (κ1) is 10.6. The van der Waals surface area contributed by atoms with Gasteiger partial charge in [-0.1, -0.05) is 18.4 Å². The zero-order chi connectivity index (χ0) is 11.0. The molecule has 1 aromatic carbocycles. The molecule has 0 bridgehead atoms. The van der Waals surface area contributed by atoms with Gasteiger partial charge in [-0.15, -0.1) is 11.8 Å². The van der Waals surface area contributed by atoms with Gasteiger partial charge in [-0.25, -0.2) is 0 Å². The molecule has 0 fully saturated rings. The maximum Gasteiger partial charge on any atom is 0.251 e. The number of thioether (sulfide) groups is 1. The molecule has 1 amide bonds. The number of carbonyl (C=O) groups excluding carboxylic acids is 1. The third kappa shape index (κ3) is 1.77. The van der Waals surface area contributed by atoms with E-state index in [0.29, 0.717) is 12.3 Å². The Bertz CT molecular complexity index is 410. The van der Waals surface area contributed by atoms with Crippen molar-refractivity contribution in [3.63, 3.8) is 0 Å². The van der Waals surface area contributed by atoms with Crippen molar-refractivity contribution in [2.75, 3.05) is 7.05 Å². The number of nitrogens with two attached hydrogens (primary N) is 1. The van der Waals surface area contributed by atoms with Gasteiger partial charge in [0.2, 0.25) is 6.71 Å². The van der Waals surface area contributed by atoms with E-state index in [9.17, 15) is 4.79 Å². The van der Waals surface area contributed by atoms with Crippen molar-refractivity contribution in [2.24, 2.45) is 5.73 Å². The van der Waals surface area contributed by atoms with Crippen molar-refractivity contribution in [3.05, 3.63) is 23.8 Å². The second-order valence-electron chi connectivity index (χ2n) is 3.70. The van der Waals surface area contributed by atoms with Crippen LogP contribution in [0.15, 0.2) is 23.1 Å². The summed E-state index contributed by atoms with van der Waals surface area (Å²) in [6.07, 6.45) is 0. The molecule has 15 heavy (non-hydrogen) atoms. The Hall–Kier alpha value is -0.935. The van der Waals surface area contributed by atoms with Gasteiger partial charge < -0.3 is 11.1 Å². The summed E-state index contributed by atoms with van der Waals surface area (Å²) in [6.45, 7) is 2.41. The van der Waals surface area contributed by atoms with Crippen molar-refractivity contribution in [2.45, 2.75) is 17.0 Å². The van der Waals surface area contributed by atoms with Crippen molar-refractivity contribution in [1.82, 2.24) is 5.32 Å². The van der Waals surface area contributed by atoms with Gasteiger partial charge in [-0.05, 0) is 12.1 Å². The molecule has 1 aliphatic heterocycles. The lowest BCUT2D eigenvalue weighted by Gasteiger charge is -2.05. The lowest BCUT2D eigenvalue weighted by molar-refractivity contribution is 0.0963. The molecule has 3 N–H and O–H groups in total. The predicted octanol–water partition coefficient (Wildman–Crippen LogP) is 0.308. The zero-order valence-corrected chi connectivity index (χ0v) is 9.60. The fraction of sp³-hybridized carbons (Fsp3) is 0.300. The van der Waals surface area contributed by atoms with Crippen molar-refractivity contribution in [1.29, 1.82) is 0 Å². The topological polar surface area (TPSA) is 55.1 Å². The van der Waals surface area contributed by atoms with Crippen LogP contribution < -0.4 is 16.5 Å². The van der Waals surface area contributed by atoms with E-state index in [0.717, 1.165) is 0 Å². The van der Waals surface area contributed by atoms with Gasteiger partial charge >= 0.3 is 0 Å². The van der Waals surface area contributed by atoms with E-state index in [4.69, 9.17) is 5.73 Å². The minimum absolute atomic E-state index is 0.0459. The quantitative estimate of drug-likeness (QED) is 0.669. The van der Waals surface area contributed by atoms with E-state index in [1.54, 1.807) is 18.8 Å². The molecule has 0 aromatic heterocycles. The highest BCUT2D eigenvalue weighted by atomic mass is 32.2. The first-order valence-corrected chi connectivity index (χ1v) is 5.79. The molecule has 1 aliphatic rings. The van der Waals surface area contributed by atoms with Gasteiger partial charge in [0.15, 0.2) is 0 Å². The third-order valence-corrected chi connectivity index (χ3v) is 4.05. The lowest BCUT2D eigenvalue weighted by Crippen LogP contribution is -2.38. The molecule has 0 saturated heterocycles. The number of carbonyl (C=O) groups is 1. The number of hydrogen-bond acceptors (Lipinski definition) is 3. The lowest BCUT2D eigenvalue weighted by atomic mass is 9.47. The van der Waals surface area contributed by atoms with Gasteiger partial charge in [0.1, 0.15) is 0 Å². The summed E-state index contributed by atoms with van der Waals surface area (Å²) < 4.78 is 0. The highest BCUT2D eigenvalue weighted by molar-refractivity contribution is 8.02.